The van der Waals surface area contributed by atoms with Gasteiger partial charge in [-0.2, -0.15) is 16.5 Å². The molecule has 2 aromatic carbocycles. The molecule has 0 radical (unpaired) electrons. The lowest BCUT2D eigenvalue weighted by Crippen LogP contribution is -2.51. The number of nitrogens with one attached hydrogen (secondary N) is 1. The molecule has 8 heteroatoms. The van der Waals surface area contributed by atoms with Crippen molar-refractivity contribution in [2.75, 3.05) is 25.1 Å². The summed E-state index contributed by atoms with van der Waals surface area (Å²) in [5.41, 5.74) is 1.32. The van der Waals surface area contributed by atoms with Crippen molar-refractivity contribution < 1.29 is 13.2 Å². The number of thioether (sulfide) groups is 1. The Labute approximate surface area is 194 Å². The van der Waals surface area contributed by atoms with Gasteiger partial charge in [0.15, 0.2) is 0 Å². The number of halogens is 1. The number of carbonyl (C=O) groups excluding carboxylic acids is 1. The number of benzene rings is 2. The smallest absolute Gasteiger partial charge is 0.241 e. The molecule has 0 aromatic heterocycles. The highest BCUT2D eigenvalue weighted by atomic mass is 35.5. The van der Waals surface area contributed by atoms with Gasteiger partial charge in [0.2, 0.25) is 15.9 Å². The number of carbonyl (C=O) groups is 1. The van der Waals surface area contributed by atoms with Crippen molar-refractivity contribution in [1.82, 2.24) is 9.62 Å². The Morgan fingerprint density at radius 3 is 2.39 bits per heavy atom. The van der Waals surface area contributed by atoms with Crippen molar-refractivity contribution in [3.8, 4) is 0 Å². The second-order valence-electron chi connectivity index (χ2n) is 7.87. The molecule has 1 amide bonds. The average Bonchev–Trinajstić information content (AvgIpc) is 2.77. The average molecular weight is 481 g/mol. The maximum absolute atomic E-state index is 13.2. The SMILES string of the molecule is CSCCC(NS(=O)(=O)c1ccc(Cl)cc1)C(=O)N1CCC(Cc2ccccc2)CC1. The monoisotopic (exact) mass is 480 g/mol. The van der Waals surface area contributed by atoms with Gasteiger partial charge >= 0.3 is 0 Å². The third kappa shape index (κ3) is 6.97. The van der Waals surface area contributed by atoms with Crippen LogP contribution in [0.15, 0.2) is 59.5 Å². The van der Waals surface area contributed by atoms with Crippen molar-refractivity contribution in [3.63, 3.8) is 0 Å². The van der Waals surface area contributed by atoms with Gasteiger partial charge in [-0.1, -0.05) is 41.9 Å². The third-order valence-electron chi connectivity index (χ3n) is 5.62. The summed E-state index contributed by atoms with van der Waals surface area (Å²) in [6.07, 6.45) is 5.28. The lowest BCUT2D eigenvalue weighted by Gasteiger charge is -2.34. The van der Waals surface area contributed by atoms with E-state index < -0.39 is 16.1 Å². The molecule has 5 nitrogen and oxygen atoms in total. The fourth-order valence-electron chi connectivity index (χ4n) is 3.86. The highest BCUT2D eigenvalue weighted by Gasteiger charge is 2.31. The molecule has 2 aromatic rings. The Balaban J connectivity index is 1.62. The predicted molar refractivity (Wildman–Crippen MR) is 128 cm³/mol. The van der Waals surface area contributed by atoms with Crippen LogP contribution in [0.25, 0.3) is 0 Å². The minimum atomic E-state index is -3.81. The van der Waals surface area contributed by atoms with Crippen molar-refractivity contribution in [2.24, 2.45) is 5.92 Å². The molecular formula is C23H29ClN2O3S2. The summed E-state index contributed by atoms with van der Waals surface area (Å²) in [5, 5.41) is 0.465. The second kappa shape index (κ2) is 11.4. The summed E-state index contributed by atoms with van der Waals surface area (Å²) in [7, 11) is -3.81. The molecule has 1 unspecified atom stereocenters. The molecule has 168 valence electrons. The van der Waals surface area contributed by atoms with Gasteiger partial charge in [0.25, 0.3) is 0 Å². The molecule has 1 aliphatic heterocycles. The molecular weight excluding hydrogens is 452 g/mol. The summed E-state index contributed by atoms with van der Waals surface area (Å²) in [4.78, 5) is 15.1. The zero-order valence-corrected chi connectivity index (χ0v) is 20.1. The maximum Gasteiger partial charge on any atom is 0.241 e. The van der Waals surface area contributed by atoms with Crippen LogP contribution in [0.3, 0.4) is 0 Å². The Morgan fingerprint density at radius 2 is 1.77 bits per heavy atom. The summed E-state index contributed by atoms with van der Waals surface area (Å²) in [6.45, 7) is 1.32. The van der Waals surface area contributed by atoms with Gasteiger partial charge in [-0.3, -0.25) is 4.79 Å². The maximum atomic E-state index is 13.2. The van der Waals surface area contributed by atoms with E-state index in [1.807, 2.05) is 17.2 Å². The first kappa shape index (κ1) is 24.1. The van der Waals surface area contributed by atoms with Crippen molar-refractivity contribution in [2.45, 2.75) is 36.6 Å². The zero-order chi connectivity index (χ0) is 22.3. The quantitative estimate of drug-likeness (QED) is 0.583. The second-order valence-corrected chi connectivity index (χ2v) is 11.0. The fourth-order valence-corrected chi connectivity index (χ4v) is 5.68. The minimum absolute atomic E-state index is 0.112. The Hall–Kier alpha value is -1.54. The first-order chi connectivity index (χ1) is 14.9. The molecule has 1 saturated heterocycles. The molecule has 0 saturated carbocycles. The van der Waals surface area contributed by atoms with Crippen molar-refractivity contribution in [1.29, 1.82) is 0 Å². The summed E-state index contributed by atoms with van der Waals surface area (Å²) >= 11 is 7.47. The summed E-state index contributed by atoms with van der Waals surface area (Å²) in [5.74, 6) is 1.11. The summed E-state index contributed by atoms with van der Waals surface area (Å²) in [6, 6.07) is 15.6. The number of amides is 1. The van der Waals surface area contributed by atoms with E-state index in [9.17, 15) is 13.2 Å². The van der Waals surface area contributed by atoms with Crippen LogP contribution in [0.2, 0.25) is 5.02 Å². The van der Waals surface area contributed by atoms with E-state index in [0.29, 0.717) is 36.2 Å². The minimum Gasteiger partial charge on any atom is -0.341 e. The molecule has 0 bridgehead atoms. The Morgan fingerprint density at radius 1 is 1.13 bits per heavy atom. The number of nitrogens with zero attached hydrogens (tertiary/aromatic N) is 1. The largest absolute Gasteiger partial charge is 0.341 e. The number of hydrogen-bond donors (Lipinski definition) is 1. The lowest BCUT2D eigenvalue weighted by atomic mass is 9.90. The van der Waals surface area contributed by atoms with E-state index in [1.54, 1.807) is 11.8 Å². The number of likely N-dealkylation sites (tertiary alicyclic amines) is 1. The van der Waals surface area contributed by atoms with Crippen molar-refractivity contribution >= 4 is 39.3 Å². The number of sulfonamides is 1. The molecule has 1 fully saturated rings. The van der Waals surface area contributed by atoms with E-state index in [1.165, 1.54) is 29.8 Å². The molecule has 0 spiro atoms. The summed E-state index contributed by atoms with van der Waals surface area (Å²) < 4.78 is 28.3. The van der Waals surface area contributed by atoms with Gasteiger partial charge in [-0.15, -0.1) is 0 Å². The van der Waals surface area contributed by atoms with Crippen LogP contribution in [-0.2, 0) is 21.2 Å². The molecule has 1 heterocycles. The predicted octanol–water partition coefficient (Wildman–Crippen LogP) is 4.22. The van der Waals surface area contributed by atoms with Gasteiger partial charge < -0.3 is 4.90 Å². The third-order valence-corrected chi connectivity index (χ3v) is 8.01. The van der Waals surface area contributed by atoms with Gasteiger partial charge in [0.05, 0.1) is 4.90 Å². The first-order valence-electron chi connectivity index (χ1n) is 10.5. The topological polar surface area (TPSA) is 66.5 Å². The Bertz CT molecular complexity index is 945. The molecule has 31 heavy (non-hydrogen) atoms. The highest BCUT2D eigenvalue weighted by molar-refractivity contribution is 7.98. The van der Waals surface area contributed by atoms with Crippen LogP contribution in [0.5, 0.6) is 0 Å². The first-order valence-corrected chi connectivity index (χ1v) is 13.7. The normalized spacial score (nSPS) is 16.3. The van der Waals surface area contributed by atoms with E-state index in [0.717, 1.165) is 19.3 Å². The van der Waals surface area contributed by atoms with Gasteiger partial charge in [0, 0.05) is 18.1 Å². The Kier molecular flexibility index (Phi) is 8.84. The molecule has 1 atom stereocenters. The molecule has 0 aliphatic carbocycles. The van der Waals surface area contributed by atoms with Gasteiger partial charge in [-0.25, -0.2) is 8.42 Å². The van der Waals surface area contributed by atoms with E-state index in [4.69, 9.17) is 11.6 Å². The standard InChI is InChI=1S/C23H29ClN2O3S2/c1-30-16-13-22(25-31(28,29)21-9-7-20(24)8-10-21)23(27)26-14-11-19(12-15-26)17-18-5-3-2-4-6-18/h2-10,19,22,25H,11-17H2,1H3. The van der Waals surface area contributed by atoms with Crippen LogP contribution in [-0.4, -0.2) is 50.4 Å². The van der Waals surface area contributed by atoms with E-state index >= 15 is 0 Å². The van der Waals surface area contributed by atoms with Crippen LogP contribution in [0.1, 0.15) is 24.8 Å². The fraction of sp³-hybridized carbons (Fsp3) is 0.435. The van der Waals surface area contributed by atoms with Gasteiger partial charge in [0.1, 0.15) is 6.04 Å². The van der Waals surface area contributed by atoms with E-state index in [-0.39, 0.29) is 10.8 Å². The molecule has 3 rings (SSSR count). The molecule has 1 N–H and O–H groups in total. The van der Waals surface area contributed by atoms with Gasteiger partial charge in [-0.05, 0) is 73.4 Å². The van der Waals surface area contributed by atoms with Crippen molar-refractivity contribution in [3.05, 3.63) is 65.2 Å². The molecule has 1 aliphatic rings. The van der Waals surface area contributed by atoms with E-state index in [2.05, 4.69) is 29.0 Å². The number of piperidine rings is 1. The zero-order valence-electron chi connectivity index (χ0n) is 17.7. The lowest BCUT2D eigenvalue weighted by molar-refractivity contribution is -0.134. The van der Waals surface area contributed by atoms with Crippen LogP contribution >= 0.6 is 23.4 Å². The van der Waals surface area contributed by atoms with Crippen LogP contribution in [0.4, 0.5) is 0 Å². The number of rotatable bonds is 9. The van der Waals surface area contributed by atoms with Crippen LogP contribution in [0, 0.1) is 5.92 Å². The highest BCUT2D eigenvalue weighted by Crippen LogP contribution is 2.23. The number of hydrogen-bond acceptors (Lipinski definition) is 4. The van der Waals surface area contributed by atoms with Crippen LogP contribution < -0.4 is 4.72 Å².